The third kappa shape index (κ3) is 3.02. The van der Waals surface area contributed by atoms with Crippen LogP contribution in [-0.4, -0.2) is 49.0 Å². The Morgan fingerprint density at radius 1 is 1.22 bits per heavy atom. The van der Waals surface area contributed by atoms with Crippen molar-refractivity contribution in [3.63, 3.8) is 0 Å². The Bertz CT molecular complexity index is 445. The molecule has 0 bridgehead atoms. The number of hydrogen-bond donors (Lipinski definition) is 1. The quantitative estimate of drug-likeness (QED) is 0.851. The zero-order chi connectivity index (χ0) is 13.1. The summed E-state index contributed by atoms with van der Waals surface area (Å²) in [5, 5.41) is 1.71. The van der Waals surface area contributed by atoms with Crippen LogP contribution in [-0.2, 0) is 0 Å². The number of likely N-dealkylation sites (N-methyl/N-ethyl adjacent to an activating group) is 1. The third-order valence-corrected chi connectivity index (χ3v) is 2.94. The van der Waals surface area contributed by atoms with Crippen molar-refractivity contribution in [2.45, 2.75) is 0 Å². The molecular weight excluding hydrogens is 240 g/mol. The van der Waals surface area contributed by atoms with Gasteiger partial charge in [-0.05, 0) is 25.2 Å². The van der Waals surface area contributed by atoms with Crippen LogP contribution in [0, 0.1) is 11.6 Å². The predicted octanol–water partition coefficient (Wildman–Crippen LogP) is 0.857. The van der Waals surface area contributed by atoms with Gasteiger partial charge < -0.3 is 4.90 Å². The molecule has 1 fully saturated rings. The van der Waals surface area contributed by atoms with E-state index < -0.39 is 17.5 Å². The Morgan fingerprint density at radius 3 is 2.56 bits per heavy atom. The number of hydrogen-bond acceptors (Lipinski definition) is 3. The molecule has 1 saturated heterocycles. The van der Waals surface area contributed by atoms with Crippen molar-refractivity contribution in [1.82, 2.24) is 15.3 Å². The average Bonchev–Trinajstić information content (AvgIpc) is 2.35. The van der Waals surface area contributed by atoms with Crippen LogP contribution in [0.2, 0.25) is 0 Å². The van der Waals surface area contributed by atoms with Gasteiger partial charge in [0.2, 0.25) is 0 Å². The number of hydrazine groups is 1. The highest BCUT2D eigenvalue weighted by Gasteiger charge is 2.18. The van der Waals surface area contributed by atoms with Gasteiger partial charge in [-0.2, -0.15) is 0 Å². The Labute approximate surface area is 104 Å². The van der Waals surface area contributed by atoms with Gasteiger partial charge in [0.1, 0.15) is 11.6 Å². The third-order valence-electron chi connectivity index (χ3n) is 2.94. The number of carbonyl (C=O) groups excluding carboxylic acids is 1. The number of halogens is 2. The van der Waals surface area contributed by atoms with Gasteiger partial charge in [-0.25, -0.2) is 13.8 Å². The largest absolute Gasteiger partial charge is 0.304 e. The maximum Gasteiger partial charge on any atom is 0.268 e. The van der Waals surface area contributed by atoms with Crippen LogP contribution >= 0.6 is 0 Å². The van der Waals surface area contributed by atoms with Crippen LogP contribution < -0.4 is 5.43 Å². The van der Waals surface area contributed by atoms with Crippen molar-refractivity contribution < 1.29 is 13.6 Å². The second kappa shape index (κ2) is 5.41. The zero-order valence-corrected chi connectivity index (χ0v) is 10.1. The number of rotatable bonds is 2. The van der Waals surface area contributed by atoms with E-state index in [9.17, 15) is 13.6 Å². The Balaban J connectivity index is 2.01. The van der Waals surface area contributed by atoms with E-state index in [-0.39, 0.29) is 5.56 Å². The van der Waals surface area contributed by atoms with Gasteiger partial charge in [0, 0.05) is 26.2 Å². The Morgan fingerprint density at radius 2 is 1.89 bits per heavy atom. The molecule has 1 aromatic carbocycles. The number of amides is 1. The van der Waals surface area contributed by atoms with E-state index in [0.717, 1.165) is 31.3 Å². The second-order valence-corrected chi connectivity index (χ2v) is 4.36. The summed E-state index contributed by atoms with van der Waals surface area (Å²) in [7, 11) is 1.99. The first kappa shape index (κ1) is 12.9. The highest BCUT2D eigenvalue weighted by molar-refractivity contribution is 5.94. The molecule has 18 heavy (non-hydrogen) atoms. The standard InChI is InChI=1S/C12H15F2N3O/c1-16-4-6-17(7-5-16)15-12(18)10-8-9(13)2-3-11(10)14/h2-3,8H,4-7H2,1H3,(H,15,18). The zero-order valence-electron chi connectivity index (χ0n) is 10.1. The molecule has 0 aromatic heterocycles. The Hall–Kier alpha value is -1.53. The van der Waals surface area contributed by atoms with Gasteiger partial charge in [0.15, 0.2) is 0 Å². The summed E-state index contributed by atoms with van der Waals surface area (Å²) in [4.78, 5) is 13.9. The number of piperazine rings is 1. The highest BCUT2D eigenvalue weighted by Crippen LogP contribution is 2.10. The van der Waals surface area contributed by atoms with Gasteiger partial charge in [0.05, 0.1) is 5.56 Å². The molecule has 1 amide bonds. The van der Waals surface area contributed by atoms with E-state index in [2.05, 4.69) is 10.3 Å². The minimum atomic E-state index is -0.719. The molecule has 4 nitrogen and oxygen atoms in total. The monoisotopic (exact) mass is 255 g/mol. The van der Waals surface area contributed by atoms with Crippen molar-refractivity contribution in [1.29, 1.82) is 0 Å². The van der Waals surface area contributed by atoms with Crippen molar-refractivity contribution in [3.8, 4) is 0 Å². The van der Waals surface area contributed by atoms with Crippen LogP contribution in [0.4, 0.5) is 8.78 Å². The molecule has 98 valence electrons. The normalized spacial score (nSPS) is 17.7. The summed E-state index contributed by atoms with van der Waals surface area (Å²) in [6.45, 7) is 2.98. The molecule has 1 heterocycles. The number of benzene rings is 1. The molecule has 0 spiro atoms. The molecule has 6 heteroatoms. The fraction of sp³-hybridized carbons (Fsp3) is 0.417. The first-order chi connectivity index (χ1) is 8.56. The number of nitrogens with one attached hydrogen (secondary N) is 1. The van der Waals surface area contributed by atoms with E-state index in [4.69, 9.17) is 0 Å². The molecule has 1 aliphatic rings. The van der Waals surface area contributed by atoms with Crippen LogP contribution in [0.5, 0.6) is 0 Å². The van der Waals surface area contributed by atoms with Crippen molar-refractivity contribution >= 4 is 5.91 Å². The van der Waals surface area contributed by atoms with Gasteiger partial charge >= 0.3 is 0 Å². The molecule has 2 rings (SSSR count). The van der Waals surface area contributed by atoms with E-state index in [0.29, 0.717) is 13.1 Å². The molecule has 0 atom stereocenters. The van der Waals surface area contributed by atoms with Gasteiger partial charge in [-0.1, -0.05) is 0 Å². The van der Waals surface area contributed by atoms with Gasteiger partial charge in [-0.15, -0.1) is 0 Å². The first-order valence-electron chi connectivity index (χ1n) is 5.76. The minimum Gasteiger partial charge on any atom is -0.304 e. The average molecular weight is 255 g/mol. The van der Waals surface area contributed by atoms with E-state index in [1.807, 2.05) is 7.05 Å². The highest BCUT2D eigenvalue weighted by atomic mass is 19.1. The maximum atomic E-state index is 13.4. The lowest BCUT2D eigenvalue weighted by molar-refractivity contribution is 0.0658. The van der Waals surface area contributed by atoms with Crippen LogP contribution in [0.1, 0.15) is 10.4 Å². The summed E-state index contributed by atoms with van der Waals surface area (Å²) < 4.78 is 26.4. The minimum absolute atomic E-state index is 0.270. The SMILES string of the molecule is CN1CCN(NC(=O)c2cc(F)ccc2F)CC1. The molecule has 1 aromatic rings. The summed E-state index contributed by atoms with van der Waals surface area (Å²) in [5.74, 6) is -1.96. The van der Waals surface area contributed by atoms with Gasteiger partial charge in [0.25, 0.3) is 5.91 Å². The topological polar surface area (TPSA) is 35.6 Å². The van der Waals surface area contributed by atoms with E-state index in [1.165, 1.54) is 0 Å². The lowest BCUT2D eigenvalue weighted by atomic mass is 10.2. The molecule has 0 unspecified atom stereocenters. The van der Waals surface area contributed by atoms with Crippen LogP contribution in [0.3, 0.4) is 0 Å². The number of nitrogens with zero attached hydrogens (tertiary/aromatic N) is 2. The molecular formula is C12H15F2N3O. The fourth-order valence-corrected chi connectivity index (χ4v) is 1.79. The lowest BCUT2D eigenvalue weighted by Gasteiger charge is -2.32. The van der Waals surface area contributed by atoms with Crippen molar-refractivity contribution in [2.75, 3.05) is 33.2 Å². The molecule has 1 aliphatic heterocycles. The lowest BCUT2D eigenvalue weighted by Crippen LogP contribution is -2.52. The van der Waals surface area contributed by atoms with E-state index in [1.54, 1.807) is 5.01 Å². The summed E-state index contributed by atoms with van der Waals surface area (Å²) >= 11 is 0. The van der Waals surface area contributed by atoms with Gasteiger partial charge in [-0.3, -0.25) is 10.2 Å². The molecule has 0 saturated carbocycles. The van der Waals surface area contributed by atoms with E-state index >= 15 is 0 Å². The summed E-state index contributed by atoms with van der Waals surface area (Å²) in [6, 6.07) is 2.84. The second-order valence-electron chi connectivity index (χ2n) is 4.36. The fourth-order valence-electron chi connectivity index (χ4n) is 1.79. The van der Waals surface area contributed by atoms with Crippen LogP contribution in [0.25, 0.3) is 0 Å². The predicted molar refractivity (Wildman–Crippen MR) is 62.9 cm³/mol. The van der Waals surface area contributed by atoms with Crippen molar-refractivity contribution in [2.24, 2.45) is 0 Å². The van der Waals surface area contributed by atoms with Crippen LogP contribution in [0.15, 0.2) is 18.2 Å². The number of carbonyl (C=O) groups is 1. The Kier molecular flexibility index (Phi) is 3.88. The smallest absolute Gasteiger partial charge is 0.268 e. The molecule has 1 N–H and O–H groups in total. The summed E-state index contributed by atoms with van der Waals surface area (Å²) in [5.41, 5.74) is 2.32. The molecule has 0 radical (unpaired) electrons. The first-order valence-corrected chi connectivity index (χ1v) is 5.76. The summed E-state index contributed by atoms with van der Waals surface area (Å²) in [6.07, 6.45) is 0. The molecule has 0 aliphatic carbocycles. The van der Waals surface area contributed by atoms with Crippen molar-refractivity contribution in [3.05, 3.63) is 35.4 Å². The maximum absolute atomic E-state index is 13.4.